The van der Waals surface area contributed by atoms with E-state index < -0.39 is 0 Å². The van der Waals surface area contributed by atoms with Gasteiger partial charge in [-0.15, -0.1) is 5.10 Å². The molecular weight excluding hydrogens is 404 g/mol. The maximum absolute atomic E-state index is 4.87. The van der Waals surface area contributed by atoms with E-state index in [0.717, 1.165) is 40.7 Å². The van der Waals surface area contributed by atoms with E-state index in [-0.39, 0.29) is 0 Å². The van der Waals surface area contributed by atoms with Gasteiger partial charge in [-0.1, -0.05) is 41.7 Å². The summed E-state index contributed by atoms with van der Waals surface area (Å²) in [5, 5.41) is 13.9. The lowest BCUT2D eigenvalue weighted by molar-refractivity contribution is 0.567. The minimum atomic E-state index is 0.880. The standard InChI is InChI=1S/C24H26N6S/c1-18-20(17-25-26-24-28(2)21-13-7-8-14-22(21)31-24)23(29-15-9-4-10-16-29)30(27-18)19-11-5-3-6-12-19/h3,5-8,11-14,17H,4,9-10,15-16H2,1-2H3. The van der Waals surface area contributed by atoms with Crippen molar-refractivity contribution in [2.75, 3.05) is 18.0 Å². The Labute approximate surface area is 185 Å². The molecule has 1 aliphatic rings. The van der Waals surface area contributed by atoms with Crippen molar-refractivity contribution in [1.82, 2.24) is 14.3 Å². The van der Waals surface area contributed by atoms with Crippen LogP contribution in [0, 0.1) is 6.92 Å². The Morgan fingerprint density at radius 1 is 0.968 bits per heavy atom. The molecule has 0 aliphatic carbocycles. The van der Waals surface area contributed by atoms with Crippen LogP contribution in [-0.2, 0) is 7.05 Å². The fraction of sp³-hybridized carbons (Fsp3) is 0.292. The van der Waals surface area contributed by atoms with Gasteiger partial charge < -0.3 is 9.47 Å². The second-order valence-electron chi connectivity index (χ2n) is 7.87. The van der Waals surface area contributed by atoms with Gasteiger partial charge in [0.15, 0.2) is 0 Å². The lowest BCUT2D eigenvalue weighted by Crippen LogP contribution is -2.32. The molecule has 0 saturated carbocycles. The number of rotatable bonds is 4. The third-order valence-electron chi connectivity index (χ3n) is 5.78. The van der Waals surface area contributed by atoms with E-state index in [1.807, 2.05) is 32.3 Å². The van der Waals surface area contributed by atoms with Crippen LogP contribution in [0.25, 0.3) is 15.9 Å². The monoisotopic (exact) mass is 430 g/mol. The normalized spacial score (nSPS) is 15.4. The summed E-state index contributed by atoms with van der Waals surface area (Å²) in [4.78, 5) is 3.32. The number of hydrogen-bond acceptors (Lipinski definition) is 5. The van der Waals surface area contributed by atoms with Gasteiger partial charge in [0.25, 0.3) is 0 Å². The maximum Gasteiger partial charge on any atom is 0.211 e. The van der Waals surface area contributed by atoms with E-state index in [1.54, 1.807) is 11.3 Å². The first-order chi connectivity index (χ1) is 15.2. The molecule has 6 nitrogen and oxygen atoms in total. The van der Waals surface area contributed by atoms with Crippen LogP contribution < -0.4 is 9.70 Å². The molecule has 0 radical (unpaired) electrons. The van der Waals surface area contributed by atoms with Crippen molar-refractivity contribution in [3.63, 3.8) is 0 Å². The van der Waals surface area contributed by atoms with E-state index >= 15 is 0 Å². The molecule has 0 N–H and O–H groups in total. The van der Waals surface area contributed by atoms with Crippen LogP contribution in [0.5, 0.6) is 0 Å². The van der Waals surface area contributed by atoms with Gasteiger partial charge in [-0.2, -0.15) is 10.2 Å². The predicted octanol–water partition coefficient (Wildman–Crippen LogP) is 4.66. The van der Waals surface area contributed by atoms with Crippen molar-refractivity contribution in [1.29, 1.82) is 0 Å². The number of para-hydroxylation sites is 2. The topological polar surface area (TPSA) is 50.7 Å². The molecule has 0 atom stereocenters. The van der Waals surface area contributed by atoms with Crippen molar-refractivity contribution in [2.45, 2.75) is 26.2 Å². The third kappa shape index (κ3) is 3.81. The number of hydrogen-bond donors (Lipinski definition) is 0. The van der Waals surface area contributed by atoms with Crippen molar-refractivity contribution >= 4 is 33.6 Å². The fourth-order valence-electron chi connectivity index (χ4n) is 4.15. The van der Waals surface area contributed by atoms with E-state index in [0.29, 0.717) is 0 Å². The number of piperidine rings is 1. The molecule has 2 aromatic carbocycles. The maximum atomic E-state index is 4.87. The number of aryl methyl sites for hydroxylation is 2. The van der Waals surface area contributed by atoms with Crippen molar-refractivity contribution in [3.05, 3.63) is 70.7 Å². The lowest BCUT2D eigenvalue weighted by Gasteiger charge is -2.29. The second kappa shape index (κ2) is 8.51. The Morgan fingerprint density at radius 3 is 2.48 bits per heavy atom. The molecule has 158 valence electrons. The summed E-state index contributed by atoms with van der Waals surface area (Å²) < 4.78 is 5.35. The van der Waals surface area contributed by atoms with E-state index in [1.165, 1.54) is 29.5 Å². The molecule has 1 fully saturated rings. The fourth-order valence-corrected chi connectivity index (χ4v) is 5.13. The Bertz CT molecular complexity index is 1290. The summed E-state index contributed by atoms with van der Waals surface area (Å²) in [6.07, 6.45) is 5.57. The highest BCUT2D eigenvalue weighted by atomic mass is 32.1. The predicted molar refractivity (Wildman–Crippen MR) is 128 cm³/mol. The first-order valence-electron chi connectivity index (χ1n) is 10.7. The molecule has 3 heterocycles. The molecule has 0 spiro atoms. The number of nitrogens with zero attached hydrogens (tertiary/aromatic N) is 6. The molecule has 5 rings (SSSR count). The van der Waals surface area contributed by atoms with Gasteiger partial charge in [-0.3, -0.25) is 0 Å². The largest absolute Gasteiger partial charge is 0.356 e. The zero-order valence-corrected chi connectivity index (χ0v) is 18.7. The van der Waals surface area contributed by atoms with Gasteiger partial charge in [0.2, 0.25) is 4.80 Å². The van der Waals surface area contributed by atoms with Gasteiger partial charge in [0, 0.05) is 20.1 Å². The molecule has 1 saturated heterocycles. The van der Waals surface area contributed by atoms with Gasteiger partial charge in [0.05, 0.1) is 33.4 Å². The van der Waals surface area contributed by atoms with E-state index in [9.17, 15) is 0 Å². The van der Waals surface area contributed by atoms with Gasteiger partial charge in [0.1, 0.15) is 5.82 Å². The van der Waals surface area contributed by atoms with Gasteiger partial charge >= 0.3 is 0 Å². The van der Waals surface area contributed by atoms with Crippen LogP contribution in [0.3, 0.4) is 0 Å². The zero-order chi connectivity index (χ0) is 21.2. The minimum absolute atomic E-state index is 0.880. The number of benzene rings is 2. The summed E-state index contributed by atoms with van der Waals surface area (Å²) >= 11 is 1.65. The Morgan fingerprint density at radius 2 is 1.71 bits per heavy atom. The highest BCUT2D eigenvalue weighted by Gasteiger charge is 2.22. The Hall–Kier alpha value is -3.19. The molecule has 2 aromatic heterocycles. The molecule has 7 heteroatoms. The number of fused-ring (bicyclic) bond motifs is 1. The number of aromatic nitrogens is 3. The smallest absolute Gasteiger partial charge is 0.211 e. The van der Waals surface area contributed by atoms with Crippen LogP contribution in [0.15, 0.2) is 64.8 Å². The second-order valence-corrected chi connectivity index (χ2v) is 8.88. The summed E-state index contributed by atoms with van der Waals surface area (Å²) in [5.41, 5.74) is 4.24. The highest BCUT2D eigenvalue weighted by molar-refractivity contribution is 7.16. The number of thiazole rings is 1. The quantitative estimate of drug-likeness (QED) is 0.349. The minimum Gasteiger partial charge on any atom is -0.356 e. The molecule has 31 heavy (non-hydrogen) atoms. The van der Waals surface area contributed by atoms with Gasteiger partial charge in [-0.25, -0.2) is 4.68 Å². The van der Waals surface area contributed by atoms with Crippen molar-refractivity contribution in [2.24, 2.45) is 17.3 Å². The van der Waals surface area contributed by atoms with Crippen molar-refractivity contribution in [3.8, 4) is 5.69 Å². The number of anilines is 1. The van der Waals surface area contributed by atoms with Crippen LogP contribution >= 0.6 is 11.3 Å². The Kier molecular flexibility index (Phi) is 5.42. The van der Waals surface area contributed by atoms with Crippen LogP contribution in [-0.4, -0.2) is 33.7 Å². The molecule has 1 aliphatic heterocycles. The third-order valence-corrected chi connectivity index (χ3v) is 6.89. The summed E-state index contributed by atoms with van der Waals surface area (Å²) in [6, 6.07) is 18.7. The zero-order valence-electron chi connectivity index (χ0n) is 17.9. The molecule has 0 bridgehead atoms. The molecule has 4 aromatic rings. The summed E-state index contributed by atoms with van der Waals surface area (Å²) in [6.45, 7) is 4.14. The SMILES string of the molecule is Cc1nn(-c2ccccc2)c(N2CCCCC2)c1C=NN=c1sc2ccccc2n1C. The van der Waals surface area contributed by atoms with Crippen molar-refractivity contribution < 1.29 is 0 Å². The van der Waals surface area contributed by atoms with Crippen LogP contribution in [0.2, 0.25) is 0 Å². The van der Waals surface area contributed by atoms with Crippen LogP contribution in [0.1, 0.15) is 30.5 Å². The van der Waals surface area contributed by atoms with E-state index in [2.05, 4.69) is 66.8 Å². The molecule has 0 amide bonds. The molecule has 0 unspecified atom stereocenters. The first kappa shape index (κ1) is 19.8. The molecular formula is C24H26N6S. The Balaban J connectivity index is 1.58. The lowest BCUT2D eigenvalue weighted by atomic mass is 10.1. The summed E-state index contributed by atoms with van der Waals surface area (Å²) in [7, 11) is 2.03. The summed E-state index contributed by atoms with van der Waals surface area (Å²) in [5.74, 6) is 1.11. The average Bonchev–Trinajstić information content (AvgIpc) is 3.32. The van der Waals surface area contributed by atoms with Gasteiger partial charge in [-0.05, 0) is 50.5 Å². The average molecular weight is 431 g/mol. The van der Waals surface area contributed by atoms with Crippen LogP contribution in [0.4, 0.5) is 5.82 Å². The first-order valence-corrected chi connectivity index (χ1v) is 11.6. The highest BCUT2D eigenvalue weighted by Crippen LogP contribution is 2.28. The van der Waals surface area contributed by atoms with E-state index in [4.69, 9.17) is 5.10 Å².